The van der Waals surface area contributed by atoms with E-state index in [1.165, 1.54) is 19.3 Å². The third-order valence-electron chi connectivity index (χ3n) is 5.31. The van der Waals surface area contributed by atoms with Gasteiger partial charge in [0.1, 0.15) is 0 Å². The van der Waals surface area contributed by atoms with Crippen molar-refractivity contribution in [3.63, 3.8) is 0 Å². The molecular weight excluding hydrogens is 242 g/mol. The van der Waals surface area contributed by atoms with E-state index in [1.807, 2.05) is 0 Å². The topological polar surface area (TPSA) is 67.0 Å². The average Bonchev–Trinajstić information content (AvgIpc) is 2.74. The van der Waals surface area contributed by atoms with E-state index in [0.717, 1.165) is 13.0 Å². The Labute approximate surface area is 111 Å². The maximum absolute atomic E-state index is 11.6. The molecule has 0 bridgehead atoms. The molecule has 3 fully saturated rings. The zero-order valence-electron chi connectivity index (χ0n) is 11.1. The standard InChI is InChI=1S/C14H19N3O2/c1-8-7-15-13(17-12(8)18)16-10-9-3-6-19-11(9)14(10)4-2-5-14/h7,9-11H,2-6H2,1H3,(H2,15,16,17,18). The minimum Gasteiger partial charge on any atom is -0.377 e. The Bertz CT molecular complexity index is 564. The second kappa shape index (κ2) is 3.82. The zero-order valence-corrected chi connectivity index (χ0v) is 11.1. The van der Waals surface area contributed by atoms with Crippen LogP contribution in [0.3, 0.4) is 0 Å². The molecule has 19 heavy (non-hydrogen) atoms. The summed E-state index contributed by atoms with van der Waals surface area (Å²) >= 11 is 0. The largest absolute Gasteiger partial charge is 0.377 e. The maximum Gasteiger partial charge on any atom is 0.255 e. The average molecular weight is 261 g/mol. The summed E-state index contributed by atoms with van der Waals surface area (Å²) in [6.07, 6.45) is 6.97. The number of aromatic nitrogens is 2. The highest BCUT2D eigenvalue weighted by Gasteiger charge is 2.66. The fourth-order valence-electron chi connectivity index (χ4n) is 4.13. The summed E-state index contributed by atoms with van der Waals surface area (Å²) in [7, 11) is 0. The molecule has 1 spiro atoms. The van der Waals surface area contributed by atoms with E-state index in [0.29, 0.717) is 35.0 Å². The number of nitrogens with zero attached hydrogens (tertiary/aromatic N) is 1. The summed E-state index contributed by atoms with van der Waals surface area (Å²) < 4.78 is 5.89. The lowest BCUT2D eigenvalue weighted by Crippen LogP contribution is -2.69. The van der Waals surface area contributed by atoms with E-state index in [-0.39, 0.29) is 5.56 Å². The van der Waals surface area contributed by atoms with Crippen molar-refractivity contribution in [3.8, 4) is 0 Å². The number of anilines is 1. The van der Waals surface area contributed by atoms with Crippen LogP contribution in [0.2, 0.25) is 0 Å². The highest BCUT2D eigenvalue weighted by Crippen LogP contribution is 2.63. The Balaban J connectivity index is 1.59. The summed E-state index contributed by atoms with van der Waals surface area (Å²) in [5.41, 5.74) is 0.906. The van der Waals surface area contributed by atoms with Crippen LogP contribution >= 0.6 is 0 Å². The van der Waals surface area contributed by atoms with E-state index < -0.39 is 0 Å². The van der Waals surface area contributed by atoms with Crippen molar-refractivity contribution < 1.29 is 4.74 Å². The van der Waals surface area contributed by atoms with Gasteiger partial charge in [-0.2, -0.15) is 0 Å². The van der Waals surface area contributed by atoms with Gasteiger partial charge >= 0.3 is 0 Å². The summed E-state index contributed by atoms with van der Waals surface area (Å²) in [5, 5.41) is 3.46. The number of aromatic amines is 1. The van der Waals surface area contributed by atoms with Crippen molar-refractivity contribution in [1.29, 1.82) is 0 Å². The molecule has 1 aromatic heterocycles. The molecule has 2 heterocycles. The van der Waals surface area contributed by atoms with Crippen LogP contribution in [0.1, 0.15) is 31.2 Å². The van der Waals surface area contributed by atoms with Gasteiger partial charge in [0.25, 0.3) is 5.56 Å². The Morgan fingerprint density at radius 2 is 2.37 bits per heavy atom. The van der Waals surface area contributed by atoms with Crippen molar-refractivity contribution in [1.82, 2.24) is 9.97 Å². The van der Waals surface area contributed by atoms with Gasteiger partial charge in [0.05, 0.1) is 6.10 Å². The third-order valence-corrected chi connectivity index (χ3v) is 5.31. The number of rotatable bonds is 2. The molecule has 2 aliphatic carbocycles. The van der Waals surface area contributed by atoms with Gasteiger partial charge in [-0.3, -0.25) is 9.78 Å². The molecule has 3 aliphatic rings. The molecule has 0 amide bonds. The van der Waals surface area contributed by atoms with Crippen LogP contribution in [0.4, 0.5) is 5.95 Å². The molecule has 3 unspecified atom stereocenters. The minimum atomic E-state index is -0.0568. The first-order chi connectivity index (χ1) is 9.21. The van der Waals surface area contributed by atoms with Gasteiger partial charge in [-0.1, -0.05) is 6.42 Å². The molecule has 1 aliphatic heterocycles. The van der Waals surface area contributed by atoms with E-state index in [1.54, 1.807) is 13.1 Å². The number of fused-ring (bicyclic) bond motifs is 2. The quantitative estimate of drug-likeness (QED) is 0.845. The van der Waals surface area contributed by atoms with Gasteiger partial charge in [-0.25, -0.2) is 4.98 Å². The lowest BCUT2D eigenvalue weighted by atomic mass is 9.46. The molecule has 4 rings (SSSR count). The smallest absolute Gasteiger partial charge is 0.255 e. The number of nitrogens with one attached hydrogen (secondary N) is 2. The zero-order chi connectivity index (χ0) is 13.0. The molecule has 2 saturated carbocycles. The molecule has 1 saturated heterocycles. The summed E-state index contributed by atoms with van der Waals surface area (Å²) in [6, 6.07) is 0.416. The van der Waals surface area contributed by atoms with Crippen LogP contribution < -0.4 is 10.9 Å². The first kappa shape index (κ1) is 11.5. The van der Waals surface area contributed by atoms with Crippen molar-refractivity contribution >= 4 is 5.95 Å². The molecule has 0 radical (unpaired) electrons. The molecule has 102 valence electrons. The van der Waals surface area contributed by atoms with Crippen LogP contribution in [0.15, 0.2) is 11.0 Å². The van der Waals surface area contributed by atoms with Crippen molar-refractivity contribution in [2.24, 2.45) is 11.3 Å². The fourth-order valence-corrected chi connectivity index (χ4v) is 4.13. The summed E-state index contributed by atoms with van der Waals surface area (Å²) in [6.45, 7) is 2.65. The highest BCUT2D eigenvalue weighted by molar-refractivity contribution is 5.34. The first-order valence-corrected chi connectivity index (χ1v) is 7.15. The first-order valence-electron chi connectivity index (χ1n) is 7.15. The van der Waals surface area contributed by atoms with E-state index in [9.17, 15) is 4.79 Å². The van der Waals surface area contributed by atoms with Crippen molar-refractivity contribution in [2.45, 2.75) is 44.8 Å². The van der Waals surface area contributed by atoms with E-state index >= 15 is 0 Å². The number of aryl methyl sites for hydroxylation is 1. The molecule has 0 aromatic carbocycles. The molecule has 1 aromatic rings. The molecule has 3 atom stereocenters. The second-order valence-electron chi connectivity index (χ2n) is 6.20. The number of ether oxygens (including phenoxy) is 1. The van der Waals surface area contributed by atoms with E-state index in [2.05, 4.69) is 15.3 Å². The SMILES string of the molecule is Cc1cnc(NC2C3CCOC3C23CCC3)[nH]c1=O. The van der Waals surface area contributed by atoms with Gasteiger partial charge in [0.15, 0.2) is 0 Å². The van der Waals surface area contributed by atoms with Gasteiger partial charge < -0.3 is 10.1 Å². The summed E-state index contributed by atoms with van der Waals surface area (Å²) in [5.74, 6) is 1.20. The van der Waals surface area contributed by atoms with Crippen LogP contribution in [0, 0.1) is 18.3 Å². The predicted octanol–water partition coefficient (Wildman–Crippen LogP) is 1.45. The Morgan fingerprint density at radius 1 is 1.53 bits per heavy atom. The summed E-state index contributed by atoms with van der Waals surface area (Å²) in [4.78, 5) is 18.8. The third kappa shape index (κ3) is 1.45. The monoisotopic (exact) mass is 261 g/mol. The Hall–Kier alpha value is -1.36. The molecule has 2 N–H and O–H groups in total. The highest BCUT2D eigenvalue weighted by atomic mass is 16.5. The Morgan fingerprint density at radius 3 is 3.05 bits per heavy atom. The predicted molar refractivity (Wildman–Crippen MR) is 71.1 cm³/mol. The van der Waals surface area contributed by atoms with Crippen LogP contribution in [-0.2, 0) is 4.74 Å². The van der Waals surface area contributed by atoms with Gasteiger partial charge in [-0.05, 0) is 26.2 Å². The minimum absolute atomic E-state index is 0.0568. The van der Waals surface area contributed by atoms with E-state index in [4.69, 9.17) is 4.74 Å². The lowest BCUT2D eigenvalue weighted by molar-refractivity contribution is -0.158. The number of hydrogen-bond donors (Lipinski definition) is 2. The Kier molecular flexibility index (Phi) is 2.31. The van der Waals surface area contributed by atoms with Gasteiger partial charge in [0.2, 0.25) is 5.95 Å². The van der Waals surface area contributed by atoms with Gasteiger partial charge in [-0.15, -0.1) is 0 Å². The molecule has 5 nitrogen and oxygen atoms in total. The molecule has 5 heteroatoms. The maximum atomic E-state index is 11.6. The number of hydrogen-bond acceptors (Lipinski definition) is 4. The van der Waals surface area contributed by atoms with Gasteiger partial charge in [0, 0.05) is 35.7 Å². The van der Waals surface area contributed by atoms with Crippen molar-refractivity contribution in [3.05, 3.63) is 22.1 Å². The normalized spacial score (nSPS) is 34.5. The lowest BCUT2D eigenvalue weighted by Gasteiger charge is -2.63. The second-order valence-corrected chi connectivity index (χ2v) is 6.20. The van der Waals surface area contributed by atoms with Crippen LogP contribution in [-0.4, -0.2) is 28.7 Å². The number of H-pyrrole nitrogens is 1. The van der Waals surface area contributed by atoms with Crippen molar-refractivity contribution in [2.75, 3.05) is 11.9 Å². The van der Waals surface area contributed by atoms with Crippen LogP contribution in [0.5, 0.6) is 0 Å². The molecular formula is C14H19N3O2. The van der Waals surface area contributed by atoms with Crippen LogP contribution in [0.25, 0.3) is 0 Å². The fraction of sp³-hybridized carbons (Fsp3) is 0.714.